The highest BCUT2D eigenvalue weighted by Crippen LogP contribution is 2.46. The second-order valence-corrected chi connectivity index (χ2v) is 5.79. The van der Waals surface area contributed by atoms with Crippen LogP contribution in [-0.4, -0.2) is 16.0 Å². The second-order valence-electron chi connectivity index (χ2n) is 5.79. The number of hydrogen-bond donors (Lipinski definition) is 3. The molecule has 0 bridgehead atoms. The van der Waals surface area contributed by atoms with Gasteiger partial charge in [-0.3, -0.25) is 0 Å². The fraction of sp³-hybridized carbons (Fsp3) is 0.714. The summed E-state index contributed by atoms with van der Waals surface area (Å²) in [6.45, 7) is 2.16. The molecule has 1 heterocycles. The SMILES string of the molecule is CCCc1c(NN)ncnc1NC(C1CC1)C1CC1. The number of hydrogen-bond acceptors (Lipinski definition) is 5. The number of nitrogen functional groups attached to an aromatic ring is 1. The monoisotopic (exact) mass is 261 g/mol. The molecule has 5 nitrogen and oxygen atoms in total. The Bertz CT molecular complexity index is 427. The fourth-order valence-electron chi connectivity index (χ4n) is 2.84. The Morgan fingerprint density at radius 2 is 1.84 bits per heavy atom. The molecule has 0 amide bonds. The molecule has 2 aliphatic rings. The molecule has 0 spiro atoms. The van der Waals surface area contributed by atoms with Crippen molar-refractivity contribution in [3.8, 4) is 0 Å². The predicted octanol–water partition coefficient (Wildman–Crippen LogP) is 2.32. The molecule has 4 N–H and O–H groups in total. The van der Waals surface area contributed by atoms with E-state index in [1.165, 1.54) is 25.7 Å². The van der Waals surface area contributed by atoms with Crippen LogP contribution in [0.25, 0.3) is 0 Å². The molecule has 0 atom stereocenters. The Morgan fingerprint density at radius 1 is 1.21 bits per heavy atom. The van der Waals surface area contributed by atoms with E-state index in [-0.39, 0.29) is 0 Å². The molecule has 1 aromatic heterocycles. The van der Waals surface area contributed by atoms with E-state index in [0.717, 1.165) is 41.9 Å². The Morgan fingerprint density at radius 3 is 2.37 bits per heavy atom. The van der Waals surface area contributed by atoms with Crippen LogP contribution in [0.5, 0.6) is 0 Å². The third kappa shape index (κ3) is 2.81. The Hall–Kier alpha value is -1.36. The maximum absolute atomic E-state index is 5.56. The summed E-state index contributed by atoms with van der Waals surface area (Å²) in [6, 6.07) is 0.608. The zero-order valence-electron chi connectivity index (χ0n) is 11.5. The van der Waals surface area contributed by atoms with Gasteiger partial charge in [-0.25, -0.2) is 15.8 Å². The molecule has 2 fully saturated rings. The van der Waals surface area contributed by atoms with E-state index in [9.17, 15) is 0 Å². The molecule has 0 radical (unpaired) electrons. The van der Waals surface area contributed by atoms with Crippen molar-refractivity contribution in [1.82, 2.24) is 9.97 Å². The van der Waals surface area contributed by atoms with Gasteiger partial charge in [-0.05, 0) is 43.9 Å². The smallest absolute Gasteiger partial charge is 0.148 e. The Balaban J connectivity index is 1.81. The van der Waals surface area contributed by atoms with Gasteiger partial charge in [0, 0.05) is 11.6 Å². The van der Waals surface area contributed by atoms with Gasteiger partial charge in [-0.2, -0.15) is 0 Å². The molecule has 0 aromatic carbocycles. The summed E-state index contributed by atoms with van der Waals surface area (Å²) in [7, 11) is 0. The second kappa shape index (κ2) is 5.33. The number of nitrogens with one attached hydrogen (secondary N) is 2. The molecule has 104 valence electrons. The highest BCUT2D eigenvalue weighted by atomic mass is 15.3. The minimum Gasteiger partial charge on any atom is -0.366 e. The van der Waals surface area contributed by atoms with Crippen LogP contribution in [0.2, 0.25) is 0 Å². The molecule has 2 aliphatic carbocycles. The van der Waals surface area contributed by atoms with Crippen molar-refractivity contribution in [3.05, 3.63) is 11.9 Å². The first-order chi connectivity index (χ1) is 9.33. The summed E-state index contributed by atoms with van der Waals surface area (Å²) in [5.74, 6) is 9.00. The summed E-state index contributed by atoms with van der Waals surface area (Å²) in [5.41, 5.74) is 3.82. The highest BCUT2D eigenvalue weighted by molar-refractivity contribution is 5.57. The van der Waals surface area contributed by atoms with E-state index in [2.05, 4.69) is 27.6 Å². The van der Waals surface area contributed by atoms with Crippen molar-refractivity contribution in [2.24, 2.45) is 17.7 Å². The molecule has 19 heavy (non-hydrogen) atoms. The molecule has 0 unspecified atom stereocenters. The minimum absolute atomic E-state index is 0.608. The van der Waals surface area contributed by atoms with Crippen LogP contribution >= 0.6 is 0 Å². The van der Waals surface area contributed by atoms with E-state index in [0.29, 0.717) is 6.04 Å². The van der Waals surface area contributed by atoms with Crippen molar-refractivity contribution < 1.29 is 0 Å². The molecule has 2 saturated carbocycles. The van der Waals surface area contributed by atoms with Gasteiger partial charge in [-0.1, -0.05) is 13.3 Å². The summed E-state index contributed by atoms with van der Waals surface area (Å²) in [5, 5.41) is 3.68. The van der Waals surface area contributed by atoms with Gasteiger partial charge in [0.1, 0.15) is 18.0 Å². The van der Waals surface area contributed by atoms with Crippen LogP contribution in [0.15, 0.2) is 6.33 Å². The van der Waals surface area contributed by atoms with Crippen LogP contribution in [0.1, 0.15) is 44.6 Å². The van der Waals surface area contributed by atoms with Gasteiger partial charge in [-0.15, -0.1) is 0 Å². The molecule has 3 rings (SSSR count). The van der Waals surface area contributed by atoms with Gasteiger partial charge in [0.05, 0.1) is 0 Å². The zero-order chi connectivity index (χ0) is 13.2. The van der Waals surface area contributed by atoms with Crippen molar-refractivity contribution in [3.63, 3.8) is 0 Å². The first-order valence-corrected chi connectivity index (χ1v) is 7.40. The lowest BCUT2D eigenvalue weighted by atomic mass is 10.1. The summed E-state index contributed by atoms with van der Waals surface area (Å²) in [6.07, 6.45) is 9.07. The number of nitrogens with two attached hydrogens (primary N) is 1. The number of aromatic nitrogens is 2. The van der Waals surface area contributed by atoms with Gasteiger partial charge >= 0.3 is 0 Å². The quantitative estimate of drug-likeness (QED) is 0.519. The molecular formula is C14H23N5. The van der Waals surface area contributed by atoms with Crippen molar-refractivity contribution in [1.29, 1.82) is 0 Å². The Kier molecular flexibility index (Phi) is 3.55. The van der Waals surface area contributed by atoms with Crippen molar-refractivity contribution in [2.75, 3.05) is 10.7 Å². The summed E-state index contributed by atoms with van der Waals surface area (Å²) >= 11 is 0. The topological polar surface area (TPSA) is 75.9 Å². The summed E-state index contributed by atoms with van der Waals surface area (Å²) < 4.78 is 0. The van der Waals surface area contributed by atoms with Gasteiger partial charge < -0.3 is 10.7 Å². The lowest BCUT2D eigenvalue weighted by Gasteiger charge is -2.21. The first kappa shape index (κ1) is 12.7. The molecule has 5 heteroatoms. The predicted molar refractivity (Wildman–Crippen MR) is 76.7 cm³/mol. The highest BCUT2D eigenvalue weighted by Gasteiger charge is 2.41. The average molecular weight is 261 g/mol. The van der Waals surface area contributed by atoms with Crippen molar-refractivity contribution in [2.45, 2.75) is 51.5 Å². The third-order valence-electron chi connectivity index (χ3n) is 4.15. The number of nitrogens with zero attached hydrogens (tertiary/aromatic N) is 2. The zero-order valence-corrected chi connectivity index (χ0v) is 11.5. The average Bonchev–Trinajstić information content (AvgIpc) is 3.29. The van der Waals surface area contributed by atoms with Crippen molar-refractivity contribution >= 4 is 11.6 Å². The fourth-order valence-corrected chi connectivity index (χ4v) is 2.84. The normalized spacial score (nSPS) is 18.7. The van der Waals surface area contributed by atoms with Crippen LogP contribution in [0.4, 0.5) is 11.6 Å². The van der Waals surface area contributed by atoms with E-state index >= 15 is 0 Å². The number of rotatable bonds is 7. The van der Waals surface area contributed by atoms with E-state index in [1.54, 1.807) is 6.33 Å². The standard InChI is InChI=1S/C14H23N5/c1-2-3-11-13(16-8-17-14(11)19-15)18-12(9-4-5-9)10-6-7-10/h8-10,12H,2-7,15H2,1H3,(H2,16,17,18,19). The third-order valence-corrected chi connectivity index (χ3v) is 4.15. The molecule has 0 saturated heterocycles. The number of hydrazine groups is 1. The van der Waals surface area contributed by atoms with Crippen LogP contribution in [0.3, 0.4) is 0 Å². The lowest BCUT2D eigenvalue weighted by Crippen LogP contribution is -2.26. The van der Waals surface area contributed by atoms with E-state index in [4.69, 9.17) is 5.84 Å². The molecular weight excluding hydrogens is 238 g/mol. The maximum atomic E-state index is 5.56. The first-order valence-electron chi connectivity index (χ1n) is 7.40. The minimum atomic E-state index is 0.608. The van der Waals surface area contributed by atoms with Crippen LogP contribution in [0, 0.1) is 11.8 Å². The molecule has 1 aromatic rings. The van der Waals surface area contributed by atoms with Gasteiger partial charge in [0.2, 0.25) is 0 Å². The van der Waals surface area contributed by atoms with E-state index < -0.39 is 0 Å². The van der Waals surface area contributed by atoms with Crippen LogP contribution < -0.4 is 16.6 Å². The van der Waals surface area contributed by atoms with Crippen LogP contribution in [-0.2, 0) is 6.42 Å². The van der Waals surface area contributed by atoms with E-state index in [1.807, 2.05) is 0 Å². The van der Waals surface area contributed by atoms with Gasteiger partial charge in [0.25, 0.3) is 0 Å². The lowest BCUT2D eigenvalue weighted by molar-refractivity contribution is 0.564. The maximum Gasteiger partial charge on any atom is 0.148 e. The molecule has 0 aliphatic heterocycles. The number of anilines is 2. The largest absolute Gasteiger partial charge is 0.366 e. The Labute approximate surface area is 114 Å². The van der Waals surface area contributed by atoms with Gasteiger partial charge in [0.15, 0.2) is 0 Å². The summed E-state index contributed by atoms with van der Waals surface area (Å²) in [4.78, 5) is 8.67.